The van der Waals surface area contributed by atoms with E-state index >= 15 is 0 Å². The summed E-state index contributed by atoms with van der Waals surface area (Å²) >= 11 is 3.49. The Morgan fingerprint density at radius 1 is 1.24 bits per heavy atom. The normalized spacial score (nSPS) is 11.3. The summed E-state index contributed by atoms with van der Waals surface area (Å²) in [7, 11) is 0. The molecule has 0 saturated heterocycles. The molecule has 0 saturated carbocycles. The molecule has 0 spiro atoms. The van der Waals surface area contributed by atoms with Crippen LogP contribution >= 0.6 is 46.7 Å². The molecule has 0 atom stereocenters. The topological polar surface area (TPSA) is 80.0 Å². The number of rotatable bonds is 9. The summed E-state index contributed by atoms with van der Waals surface area (Å²) in [5.74, 6) is 1.85. The molecule has 0 aliphatic heterocycles. The van der Waals surface area contributed by atoms with Crippen molar-refractivity contribution >= 4 is 52.6 Å². The first-order valence-electron chi connectivity index (χ1n) is 9.59. The maximum Gasteiger partial charge on any atom is 0.191 e. The van der Waals surface area contributed by atoms with Crippen LogP contribution in [0.3, 0.4) is 0 Å². The summed E-state index contributed by atoms with van der Waals surface area (Å²) in [6.07, 6.45) is 3.59. The first-order valence-corrected chi connectivity index (χ1v) is 11.3. The third-order valence-electron chi connectivity index (χ3n) is 4.16. The lowest BCUT2D eigenvalue weighted by Crippen LogP contribution is -2.39. The molecule has 0 fully saturated rings. The summed E-state index contributed by atoms with van der Waals surface area (Å²) in [5, 5.41) is 18.0. The van der Waals surface area contributed by atoms with Crippen LogP contribution in [0.15, 0.2) is 28.8 Å². The van der Waals surface area contributed by atoms with Gasteiger partial charge >= 0.3 is 0 Å². The minimum absolute atomic E-state index is 0. The monoisotopic (exact) mass is 545 g/mol. The van der Waals surface area contributed by atoms with E-state index < -0.39 is 0 Å². The number of aryl methyl sites for hydroxylation is 2. The molecular formula is C19H28IN7S2. The predicted molar refractivity (Wildman–Crippen MR) is 133 cm³/mol. The van der Waals surface area contributed by atoms with Crippen molar-refractivity contribution < 1.29 is 0 Å². The van der Waals surface area contributed by atoms with Gasteiger partial charge in [-0.15, -0.1) is 56.8 Å². The van der Waals surface area contributed by atoms with Gasteiger partial charge in [-0.1, -0.05) is 6.92 Å². The van der Waals surface area contributed by atoms with Crippen LogP contribution in [-0.4, -0.2) is 45.3 Å². The minimum atomic E-state index is 0. The molecule has 0 aliphatic carbocycles. The van der Waals surface area contributed by atoms with Crippen molar-refractivity contribution in [1.29, 1.82) is 0 Å². The molecular weight excluding hydrogens is 517 g/mol. The van der Waals surface area contributed by atoms with Crippen LogP contribution in [0.2, 0.25) is 0 Å². The zero-order chi connectivity index (χ0) is 19.8. The van der Waals surface area contributed by atoms with Crippen LogP contribution < -0.4 is 10.6 Å². The predicted octanol–water partition coefficient (Wildman–Crippen LogP) is 3.75. The van der Waals surface area contributed by atoms with Crippen molar-refractivity contribution in [2.24, 2.45) is 4.99 Å². The zero-order valence-electron chi connectivity index (χ0n) is 17.0. The average Bonchev–Trinajstić information content (AvgIpc) is 3.42. The van der Waals surface area contributed by atoms with E-state index in [0.29, 0.717) is 0 Å². The van der Waals surface area contributed by atoms with Gasteiger partial charge in [-0.25, -0.2) is 4.98 Å². The van der Waals surface area contributed by atoms with Crippen molar-refractivity contribution in [1.82, 2.24) is 30.4 Å². The van der Waals surface area contributed by atoms with Crippen molar-refractivity contribution in [3.8, 4) is 10.6 Å². The first kappa shape index (κ1) is 23.7. The maximum atomic E-state index is 4.70. The first-order chi connectivity index (χ1) is 13.7. The van der Waals surface area contributed by atoms with Crippen LogP contribution in [-0.2, 0) is 19.4 Å². The number of nitrogens with one attached hydrogen (secondary N) is 2. The number of aliphatic imine (C=N–C) groups is 1. The Bertz CT molecular complexity index is 900. The van der Waals surface area contributed by atoms with E-state index in [4.69, 9.17) is 4.99 Å². The fraction of sp³-hybridized carbons (Fsp3) is 0.474. The van der Waals surface area contributed by atoms with Gasteiger partial charge in [-0.3, -0.25) is 4.99 Å². The number of nitrogens with zero attached hydrogens (tertiary/aromatic N) is 5. The molecule has 3 aromatic rings. The molecule has 3 heterocycles. The van der Waals surface area contributed by atoms with Gasteiger partial charge in [-0.2, -0.15) is 0 Å². The number of guanidine groups is 1. The molecule has 3 aromatic heterocycles. The Hall–Kier alpha value is -1.53. The number of aromatic nitrogens is 4. The second-order valence-corrected chi connectivity index (χ2v) is 8.48. The highest BCUT2D eigenvalue weighted by atomic mass is 127. The second kappa shape index (κ2) is 12.2. The molecule has 0 bridgehead atoms. The van der Waals surface area contributed by atoms with Crippen LogP contribution in [0.1, 0.15) is 29.6 Å². The van der Waals surface area contributed by atoms with Crippen LogP contribution in [0.4, 0.5) is 0 Å². The maximum absolute atomic E-state index is 4.70. The molecule has 3 rings (SSSR count). The van der Waals surface area contributed by atoms with Gasteiger partial charge < -0.3 is 15.2 Å². The minimum Gasteiger partial charge on any atom is -0.357 e. The Balaban J connectivity index is 0.00000300. The standard InChI is InChI=1S/C19H27N7S2.HI/c1-4-18-25-23-13-26(18)11-10-22-19(20-5-2)21-9-8-15-6-7-17(28-15)16-12-27-14(3)24-16;/h6-7,12-13H,4-5,8-11H2,1-3H3,(H2,20,21,22);1H. The van der Waals surface area contributed by atoms with E-state index in [1.54, 1.807) is 29.0 Å². The summed E-state index contributed by atoms with van der Waals surface area (Å²) in [6, 6.07) is 4.34. The van der Waals surface area contributed by atoms with Crippen LogP contribution in [0, 0.1) is 6.92 Å². The fourth-order valence-electron chi connectivity index (χ4n) is 2.78. The molecule has 0 amide bonds. The van der Waals surface area contributed by atoms with Gasteiger partial charge in [0.1, 0.15) is 12.2 Å². The van der Waals surface area contributed by atoms with Crippen LogP contribution in [0.25, 0.3) is 10.6 Å². The summed E-state index contributed by atoms with van der Waals surface area (Å²) in [6.45, 7) is 9.39. The SMILES string of the molecule is CCNC(=NCCc1ccc(-c2csc(C)n2)s1)NCCn1cnnc1CC.I. The lowest BCUT2D eigenvalue weighted by molar-refractivity contribution is 0.632. The summed E-state index contributed by atoms with van der Waals surface area (Å²) < 4.78 is 2.07. The van der Waals surface area contributed by atoms with Gasteiger partial charge in [0.05, 0.1) is 15.6 Å². The van der Waals surface area contributed by atoms with E-state index in [1.807, 2.05) is 6.92 Å². The molecule has 29 heavy (non-hydrogen) atoms. The molecule has 0 radical (unpaired) electrons. The largest absolute Gasteiger partial charge is 0.357 e. The average molecular weight is 546 g/mol. The molecule has 10 heteroatoms. The highest BCUT2D eigenvalue weighted by Gasteiger charge is 2.06. The van der Waals surface area contributed by atoms with E-state index in [1.165, 1.54) is 9.75 Å². The van der Waals surface area contributed by atoms with E-state index in [2.05, 4.69) is 61.7 Å². The Kier molecular flexibility index (Phi) is 10.0. The van der Waals surface area contributed by atoms with Crippen molar-refractivity contribution in [3.63, 3.8) is 0 Å². The van der Waals surface area contributed by atoms with Gasteiger partial charge in [0.2, 0.25) is 0 Å². The molecule has 0 unspecified atom stereocenters. The highest BCUT2D eigenvalue weighted by Crippen LogP contribution is 2.29. The number of halogens is 1. The van der Waals surface area contributed by atoms with E-state index in [9.17, 15) is 0 Å². The lowest BCUT2D eigenvalue weighted by Gasteiger charge is -2.12. The van der Waals surface area contributed by atoms with Crippen LogP contribution in [0.5, 0.6) is 0 Å². The third kappa shape index (κ3) is 7.03. The Morgan fingerprint density at radius 2 is 2.10 bits per heavy atom. The van der Waals surface area contributed by atoms with Gasteiger partial charge in [0.25, 0.3) is 0 Å². The quantitative estimate of drug-likeness (QED) is 0.243. The van der Waals surface area contributed by atoms with Gasteiger partial charge in [0, 0.05) is 49.3 Å². The highest BCUT2D eigenvalue weighted by molar-refractivity contribution is 14.0. The number of thiazole rings is 1. The third-order valence-corrected chi connectivity index (χ3v) is 6.10. The van der Waals surface area contributed by atoms with Crippen molar-refractivity contribution in [3.05, 3.63) is 39.5 Å². The molecule has 7 nitrogen and oxygen atoms in total. The summed E-state index contributed by atoms with van der Waals surface area (Å²) in [5.41, 5.74) is 1.08. The number of hydrogen-bond donors (Lipinski definition) is 2. The fourth-order valence-corrected chi connectivity index (χ4v) is 4.43. The van der Waals surface area contributed by atoms with E-state index in [-0.39, 0.29) is 24.0 Å². The van der Waals surface area contributed by atoms with Gasteiger partial charge in [-0.05, 0) is 26.0 Å². The lowest BCUT2D eigenvalue weighted by atomic mass is 10.3. The molecule has 2 N–H and O–H groups in total. The Morgan fingerprint density at radius 3 is 2.83 bits per heavy atom. The smallest absolute Gasteiger partial charge is 0.191 e. The molecule has 158 valence electrons. The van der Waals surface area contributed by atoms with Gasteiger partial charge in [0.15, 0.2) is 5.96 Å². The zero-order valence-corrected chi connectivity index (χ0v) is 21.0. The van der Waals surface area contributed by atoms with E-state index in [0.717, 1.165) is 61.5 Å². The number of hydrogen-bond acceptors (Lipinski definition) is 6. The molecule has 0 aromatic carbocycles. The number of thiophene rings is 1. The van der Waals surface area contributed by atoms with Crippen molar-refractivity contribution in [2.45, 2.75) is 40.2 Å². The second-order valence-electron chi connectivity index (χ2n) is 6.25. The molecule has 0 aliphatic rings. The summed E-state index contributed by atoms with van der Waals surface area (Å²) in [4.78, 5) is 11.8. The Labute approximate surface area is 197 Å². The van der Waals surface area contributed by atoms with Crippen molar-refractivity contribution in [2.75, 3.05) is 19.6 Å².